The molecule has 2 N–H and O–H groups in total. The highest BCUT2D eigenvalue weighted by atomic mass is 35.5. The lowest BCUT2D eigenvalue weighted by Gasteiger charge is -2.52. The van der Waals surface area contributed by atoms with Crippen molar-refractivity contribution in [2.45, 2.75) is 86.4 Å². The maximum atomic E-state index is 13.4. The van der Waals surface area contributed by atoms with Gasteiger partial charge in [-0.05, 0) is 44.6 Å². The Balaban J connectivity index is 2.85. The van der Waals surface area contributed by atoms with Gasteiger partial charge in [-0.15, -0.1) is 0 Å². The predicted octanol–water partition coefficient (Wildman–Crippen LogP) is 4.54. The Morgan fingerprint density at radius 1 is 1.22 bits per heavy atom. The molecule has 0 radical (unpaired) electrons. The maximum absolute atomic E-state index is 13.4. The molecular weight excluding hydrogens is 430 g/mol. The van der Waals surface area contributed by atoms with Crippen LogP contribution in [0.4, 0.5) is 0 Å². The number of halogens is 1. The van der Waals surface area contributed by atoms with E-state index in [1.807, 2.05) is 6.08 Å². The highest BCUT2D eigenvalue weighted by molar-refractivity contribution is 6.26. The van der Waals surface area contributed by atoms with Crippen LogP contribution in [0, 0.1) is 22.7 Å². The molecule has 1 aliphatic rings. The number of hydrogen-bond acceptors (Lipinski definition) is 5. The van der Waals surface area contributed by atoms with Crippen molar-refractivity contribution in [2.75, 3.05) is 6.54 Å². The van der Waals surface area contributed by atoms with Gasteiger partial charge in [0.25, 0.3) is 0 Å². The second kappa shape index (κ2) is 11.0. The standard InChI is InChI=1S/C25H40ClNO5/c1-16-22(32-17(2)28)24(6,7)21(30)20(25(16,8)31)18(15-26)12-14-27-19(29)11-9-10-13-23(3,4)5/h10,13,15-16,20,22,31H,9,11-12,14H2,1-8H3,(H,27,29)/b13-10?,18-15-/t16-,20+,22+,25-/m1/s1. The van der Waals surface area contributed by atoms with Gasteiger partial charge in [0.05, 0.1) is 16.9 Å². The summed E-state index contributed by atoms with van der Waals surface area (Å²) >= 11 is 6.08. The van der Waals surface area contributed by atoms with Gasteiger partial charge in [-0.1, -0.05) is 51.4 Å². The summed E-state index contributed by atoms with van der Waals surface area (Å²) in [6.45, 7) is 14.7. The summed E-state index contributed by atoms with van der Waals surface area (Å²) < 4.78 is 5.43. The number of amides is 1. The van der Waals surface area contributed by atoms with Crippen molar-refractivity contribution in [1.29, 1.82) is 0 Å². The summed E-state index contributed by atoms with van der Waals surface area (Å²) in [4.78, 5) is 37.1. The summed E-state index contributed by atoms with van der Waals surface area (Å²) in [5, 5.41) is 14.2. The quantitative estimate of drug-likeness (QED) is 0.402. The molecule has 0 aromatic heterocycles. The van der Waals surface area contributed by atoms with Crippen LogP contribution in [0.2, 0.25) is 0 Å². The molecule has 1 amide bonds. The molecule has 1 aliphatic carbocycles. The van der Waals surface area contributed by atoms with Crippen LogP contribution in [-0.2, 0) is 19.1 Å². The van der Waals surface area contributed by atoms with E-state index >= 15 is 0 Å². The SMILES string of the molecule is CC(=O)O[C@H]1[C@@H](C)[C@@](C)(O)[C@@H](/C(=C\Cl)CCNC(=O)CCC=CC(C)(C)C)C(=O)C1(C)C. The van der Waals surface area contributed by atoms with Crippen LogP contribution in [0.5, 0.6) is 0 Å². The van der Waals surface area contributed by atoms with Crippen molar-refractivity contribution < 1.29 is 24.2 Å². The van der Waals surface area contributed by atoms with E-state index in [1.54, 1.807) is 27.7 Å². The van der Waals surface area contributed by atoms with E-state index in [1.165, 1.54) is 12.5 Å². The van der Waals surface area contributed by atoms with Crippen LogP contribution in [0.25, 0.3) is 0 Å². The minimum atomic E-state index is -1.46. The smallest absolute Gasteiger partial charge is 0.302 e. The Labute approximate surface area is 197 Å². The lowest BCUT2D eigenvalue weighted by molar-refractivity contribution is -0.192. The zero-order chi connectivity index (χ0) is 24.9. The van der Waals surface area contributed by atoms with Crippen molar-refractivity contribution in [3.8, 4) is 0 Å². The van der Waals surface area contributed by atoms with E-state index < -0.39 is 34.9 Å². The van der Waals surface area contributed by atoms with Gasteiger partial charge >= 0.3 is 5.97 Å². The summed E-state index contributed by atoms with van der Waals surface area (Å²) in [5.74, 6) is -2.17. The number of nitrogens with one attached hydrogen (secondary N) is 1. The number of rotatable bonds is 8. The number of ether oxygens (including phenoxy) is 1. The van der Waals surface area contributed by atoms with Crippen molar-refractivity contribution in [2.24, 2.45) is 22.7 Å². The molecule has 4 atom stereocenters. The van der Waals surface area contributed by atoms with Crippen LogP contribution < -0.4 is 5.32 Å². The van der Waals surface area contributed by atoms with Gasteiger partial charge in [0.15, 0.2) is 5.78 Å². The molecule has 182 valence electrons. The minimum absolute atomic E-state index is 0.0807. The highest BCUT2D eigenvalue weighted by Gasteiger charge is 2.60. The Bertz CT molecular complexity index is 761. The molecule has 0 unspecified atom stereocenters. The number of Topliss-reactive ketones (excluding diaryl/α,β-unsaturated/α-hetero) is 1. The van der Waals surface area contributed by atoms with Crippen LogP contribution >= 0.6 is 11.6 Å². The molecule has 7 heteroatoms. The Morgan fingerprint density at radius 2 is 1.81 bits per heavy atom. The predicted molar refractivity (Wildman–Crippen MR) is 127 cm³/mol. The van der Waals surface area contributed by atoms with Gasteiger partial charge in [0.2, 0.25) is 5.91 Å². The average Bonchev–Trinajstić information content (AvgIpc) is 2.65. The second-order valence-corrected chi connectivity index (χ2v) is 10.9. The molecule has 1 saturated carbocycles. The van der Waals surface area contributed by atoms with Crippen LogP contribution in [0.15, 0.2) is 23.3 Å². The molecular formula is C25H40ClNO5. The molecule has 0 aromatic rings. The topological polar surface area (TPSA) is 92.7 Å². The molecule has 0 heterocycles. The molecule has 1 fully saturated rings. The van der Waals surface area contributed by atoms with E-state index in [-0.39, 0.29) is 17.1 Å². The number of ketones is 1. The first-order valence-corrected chi connectivity index (χ1v) is 11.7. The molecule has 0 aromatic carbocycles. The van der Waals surface area contributed by atoms with Gasteiger partial charge in [-0.3, -0.25) is 14.4 Å². The van der Waals surface area contributed by atoms with E-state index in [0.29, 0.717) is 31.4 Å². The number of allylic oxidation sites excluding steroid dienone is 2. The third-order valence-electron chi connectivity index (χ3n) is 6.26. The highest BCUT2D eigenvalue weighted by Crippen LogP contribution is 2.49. The van der Waals surface area contributed by atoms with E-state index in [2.05, 4.69) is 32.2 Å². The zero-order valence-electron chi connectivity index (χ0n) is 20.8. The third-order valence-corrected chi connectivity index (χ3v) is 6.54. The van der Waals surface area contributed by atoms with Crippen LogP contribution in [-0.4, -0.2) is 41.0 Å². The maximum Gasteiger partial charge on any atom is 0.302 e. The van der Waals surface area contributed by atoms with Gasteiger partial charge in [-0.25, -0.2) is 0 Å². The summed E-state index contributed by atoms with van der Waals surface area (Å²) in [6, 6.07) is 0. The van der Waals surface area contributed by atoms with Crippen molar-refractivity contribution >= 4 is 29.3 Å². The first-order chi connectivity index (χ1) is 14.6. The lowest BCUT2D eigenvalue weighted by atomic mass is 9.56. The Hall–Kier alpha value is -1.66. The first-order valence-electron chi connectivity index (χ1n) is 11.2. The molecule has 32 heavy (non-hydrogen) atoms. The summed E-state index contributed by atoms with van der Waals surface area (Å²) in [5.41, 5.74) is -0.499. The van der Waals surface area contributed by atoms with Gasteiger partial charge in [0.1, 0.15) is 6.10 Å². The molecule has 0 spiro atoms. The van der Waals surface area contributed by atoms with E-state index in [0.717, 1.165) is 0 Å². The Morgan fingerprint density at radius 3 is 2.31 bits per heavy atom. The molecule has 1 rings (SSSR count). The monoisotopic (exact) mass is 469 g/mol. The van der Waals surface area contributed by atoms with Crippen molar-refractivity contribution in [1.82, 2.24) is 5.32 Å². The van der Waals surface area contributed by atoms with Crippen molar-refractivity contribution in [3.63, 3.8) is 0 Å². The van der Waals surface area contributed by atoms with Gasteiger partial charge in [0, 0.05) is 31.3 Å². The normalized spacial score (nSPS) is 28.6. The fourth-order valence-electron chi connectivity index (χ4n) is 4.29. The third kappa shape index (κ3) is 7.17. The zero-order valence-corrected chi connectivity index (χ0v) is 21.5. The number of hydrogen-bond donors (Lipinski definition) is 2. The van der Waals surface area contributed by atoms with E-state index in [4.69, 9.17) is 16.3 Å². The fraction of sp³-hybridized carbons (Fsp3) is 0.720. The summed E-state index contributed by atoms with van der Waals surface area (Å²) in [6.07, 6.45) is 4.69. The average molecular weight is 470 g/mol. The largest absolute Gasteiger partial charge is 0.461 e. The molecule has 0 aliphatic heterocycles. The Kier molecular flexibility index (Phi) is 9.73. The fourth-order valence-corrected chi connectivity index (χ4v) is 4.53. The molecule has 6 nitrogen and oxygen atoms in total. The number of carbonyl (C=O) groups excluding carboxylic acids is 3. The summed E-state index contributed by atoms with van der Waals surface area (Å²) in [7, 11) is 0. The van der Waals surface area contributed by atoms with E-state index in [9.17, 15) is 19.5 Å². The number of carbonyl (C=O) groups is 3. The van der Waals surface area contributed by atoms with Gasteiger partial charge in [-0.2, -0.15) is 0 Å². The van der Waals surface area contributed by atoms with Crippen LogP contribution in [0.1, 0.15) is 74.7 Å². The van der Waals surface area contributed by atoms with Crippen LogP contribution in [0.3, 0.4) is 0 Å². The van der Waals surface area contributed by atoms with Crippen molar-refractivity contribution in [3.05, 3.63) is 23.3 Å². The lowest BCUT2D eigenvalue weighted by Crippen LogP contribution is -2.63. The number of aliphatic hydroxyl groups is 1. The minimum Gasteiger partial charge on any atom is -0.461 e. The number of esters is 1. The first kappa shape index (κ1) is 28.4. The van der Waals surface area contributed by atoms with Gasteiger partial charge < -0.3 is 15.2 Å². The second-order valence-electron chi connectivity index (χ2n) is 10.7. The molecule has 0 saturated heterocycles. The molecule has 0 bridgehead atoms.